The van der Waals surface area contributed by atoms with Gasteiger partial charge in [0, 0.05) is 16.6 Å². The van der Waals surface area contributed by atoms with Crippen molar-refractivity contribution in [2.75, 3.05) is 13.2 Å². The highest BCUT2D eigenvalue weighted by Gasteiger charge is 2.37. The standard InChI is InChI=1S/C15H20ClNO2/c1-10-4-2-3-7-17(10)15-12-8-11(16)5-6-14(12)19-9-13(15)18/h5-6,8,10,13,15,18H,2-4,7,9H2,1H3. The van der Waals surface area contributed by atoms with Crippen LogP contribution in [0.25, 0.3) is 0 Å². The Hall–Kier alpha value is -0.770. The highest BCUT2D eigenvalue weighted by atomic mass is 35.5. The van der Waals surface area contributed by atoms with Crippen molar-refractivity contribution in [3.05, 3.63) is 28.8 Å². The molecule has 3 unspecified atom stereocenters. The topological polar surface area (TPSA) is 32.7 Å². The van der Waals surface area contributed by atoms with Crippen LogP contribution in [0.4, 0.5) is 0 Å². The molecule has 1 saturated heterocycles. The van der Waals surface area contributed by atoms with E-state index in [4.69, 9.17) is 16.3 Å². The molecule has 4 heteroatoms. The Kier molecular flexibility index (Phi) is 3.70. The summed E-state index contributed by atoms with van der Waals surface area (Å²) in [5.41, 5.74) is 1.03. The van der Waals surface area contributed by atoms with Gasteiger partial charge in [-0.1, -0.05) is 18.0 Å². The molecule has 1 aromatic carbocycles. The first-order valence-corrected chi connectivity index (χ1v) is 7.40. The van der Waals surface area contributed by atoms with Crippen molar-refractivity contribution >= 4 is 11.6 Å². The number of rotatable bonds is 1. The largest absolute Gasteiger partial charge is 0.490 e. The molecule has 0 aliphatic carbocycles. The van der Waals surface area contributed by atoms with E-state index in [1.165, 1.54) is 19.3 Å². The van der Waals surface area contributed by atoms with E-state index in [0.717, 1.165) is 17.9 Å². The van der Waals surface area contributed by atoms with E-state index in [2.05, 4.69) is 11.8 Å². The summed E-state index contributed by atoms with van der Waals surface area (Å²) in [5.74, 6) is 0.859. The van der Waals surface area contributed by atoms with Gasteiger partial charge in [-0.05, 0) is 44.5 Å². The molecule has 0 spiro atoms. The number of nitrogens with zero attached hydrogens (tertiary/aromatic N) is 1. The lowest BCUT2D eigenvalue weighted by Gasteiger charge is -2.44. The van der Waals surface area contributed by atoms with Crippen LogP contribution in [0, 0.1) is 0 Å². The summed E-state index contributed by atoms with van der Waals surface area (Å²) in [7, 11) is 0. The van der Waals surface area contributed by atoms with Gasteiger partial charge in [-0.25, -0.2) is 0 Å². The van der Waals surface area contributed by atoms with Gasteiger partial charge in [0.1, 0.15) is 18.5 Å². The number of hydrogen-bond acceptors (Lipinski definition) is 3. The van der Waals surface area contributed by atoms with Gasteiger partial charge in [0.15, 0.2) is 0 Å². The predicted octanol–water partition coefficient (Wildman–Crippen LogP) is 3.01. The second kappa shape index (κ2) is 5.31. The number of aliphatic hydroxyl groups is 1. The molecule has 19 heavy (non-hydrogen) atoms. The van der Waals surface area contributed by atoms with Crippen LogP contribution in [0.2, 0.25) is 5.02 Å². The number of benzene rings is 1. The average Bonchev–Trinajstić information content (AvgIpc) is 2.40. The molecule has 0 bridgehead atoms. The zero-order chi connectivity index (χ0) is 13.4. The second-order valence-corrected chi connectivity index (χ2v) is 6.02. The number of aliphatic hydroxyl groups excluding tert-OH is 1. The Morgan fingerprint density at radius 3 is 3.00 bits per heavy atom. The Bertz CT molecular complexity index is 465. The van der Waals surface area contributed by atoms with Gasteiger partial charge in [-0.2, -0.15) is 0 Å². The molecule has 0 amide bonds. The minimum atomic E-state index is -0.480. The van der Waals surface area contributed by atoms with Crippen LogP contribution in [0.1, 0.15) is 37.8 Å². The van der Waals surface area contributed by atoms with Crippen LogP contribution >= 0.6 is 11.6 Å². The van der Waals surface area contributed by atoms with Gasteiger partial charge in [0.05, 0.1) is 6.04 Å². The minimum Gasteiger partial charge on any atom is -0.490 e. The lowest BCUT2D eigenvalue weighted by molar-refractivity contribution is -0.0247. The normalized spacial score (nSPS) is 31.6. The summed E-state index contributed by atoms with van der Waals surface area (Å²) < 4.78 is 5.61. The Labute approximate surface area is 119 Å². The second-order valence-electron chi connectivity index (χ2n) is 5.59. The van der Waals surface area contributed by atoms with Crippen molar-refractivity contribution in [1.82, 2.24) is 4.90 Å². The van der Waals surface area contributed by atoms with Crippen LogP contribution in [-0.2, 0) is 0 Å². The molecule has 0 radical (unpaired) electrons. The molecule has 1 N–H and O–H groups in total. The first kappa shape index (κ1) is 13.2. The number of fused-ring (bicyclic) bond motifs is 1. The third-order valence-corrected chi connectivity index (χ3v) is 4.51. The van der Waals surface area contributed by atoms with Gasteiger partial charge in [0.25, 0.3) is 0 Å². The van der Waals surface area contributed by atoms with Crippen LogP contribution < -0.4 is 4.74 Å². The lowest BCUT2D eigenvalue weighted by atomic mass is 9.92. The molecule has 104 valence electrons. The monoisotopic (exact) mass is 281 g/mol. The molecule has 0 saturated carbocycles. The van der Waals surface area contributed by atoms with Crippen molar-refractivity contribution in [3.8, 4) is 5.75 Å². The molecule has 3 atom stereocenters. The predicted molar refractivity (Wildman–Crippen MR) is 75.7 cm³/mol. The molecule has 2 aliphatic heterocycles. The molecule has 2 aliphatic rings. The van der Waals surface area contributed by atoms with E-state index in [-0.39, 0.29) is 6.04 Å². The fraction of sp³-hybridized carbons (Fsp3) is 0.600. The number of piperidine rings is 1. The molecule has 3 rings (SSSR count). The molecule has 1 aromatic rings. The zero-order valence-corrected chi connectivity index (χ0v) is 11.9. The number of ether oxygens (including phenoxy) is 1. The van der Waals surface area contributed by atoms with Crippen molar-refractivity contribution in [2.24, 2.45) is 0 Å². The Morgan fingerprint density at radius 1 is 1.37 bits per heavy atom. The number of hydrogen-bond donors (Lipinski definition) is 1. The van der Waals surface area contributed by atoms with Crippen molar-refractivity contribution < 1.29 is 9.84 Å². The maximum atomic E-state index is 10.4. The van der Waals surface area contributed by atoms with Crippen LogP contribution in [0.3, 0.4) is 0 Å². The van der Waals surface area contributed by atoms with E-state index in [9.17, 15) is 5.11 Å². The molecular weight excluding hydrogens is 262 g/mol. The van der Waals surface area contributed by atoms with Crippen LogP contribution in [-0.4, -0.2) is 35.3 Å². The fourth-order valence-corrected chi connectivity index (χ4v) is 3.47. The van der Waals surface area contributed by atoms with Crippen molar-refractivity contribution in [1.29, 1.82) is 0 Å². The summed E-state index contributed by atoms with van der Waals surface area (Å²) in [6.45, 7) is 3.64. The van der Waals surface area contributed by atoms with Gasteiger partial charge < -0.3 is 9.84 Å². The highest BCUT2D eigenvalue weighted by molar-refractivity contribution is 6.30. The molecule has 3 nitrogen and oxygen atoms in total. The van der Waals surface area contributed by atoms with E-state index in [0.29, 0.717) is 17.7 Å². The smallest absolute Gasteiger partial charge is 0.124 e. The van der Waals surface area contributed by atoms with Crippen LogP contribution in [0.15, 0.2) is 18.2 Å². The number of likely N-dealkylation sites (tertiary alicyclic amines) is 1. The minimum absolute atomic E-state index is 0.0118. The average molecular weight is 282 g/mol. The van der Waals surface area contributed by atoms with E-state index >= 15 is 0 Å². The van der Waals surface area contributed by atoms with Crippen LogP contribution in [0.5, 0.6) is 5.75 Å². The molecule has 2 heterocycles. The van der Waals surface area contributed by atoms with Crippen molar-refractivity contribution in [3.63, 3.8) is 0 Å². The SMILES string of the molecule is CC1CCCCN1C1c2cc(Cl)ccc2OCC1O. The van der Waals surface area contributed by atoms with E-state index < -0.39 is 6.10 Å². The van der Waals surface area contributed by atoms with Gasteiger partial charge in [-0.3, -0.25) is 4.90 Å². The van der Waals surface area contributed by atoms with Gasteiger partial charge in [0.2, 0.25) is 0 Å². The first-order chi connectivity index (χ1) is 9.16. The maximum Gasteiger partial charge on any atom is 0.124 e. The lowest BCUT2D eigenvalue weighted by Crippen LogP contribution is -2.48. The Balaban J connectivity index is 1.97. The maximum absolute atomic E-state index is 10.4. The summed E-state index contributed by atoms with van der Waals surface area (Å²) in [6, 6.07) is 6.20. The highest BCUT2D eigenvalue weighted by Crippen LogP contribution is 2.40. The summed E-state index contributed by atoms with van der Waals surface area (Å²) in [5, 5.41) is 11.1. The van der Waals surface area contributed by atoms with E-state index in [1.807, 2.05) is 18.2 Å². The number of halogens is 1. The fourth-order valence-electron chi connectivity index (χ4n) is 3.29. The quantitative estimate of drug-likeness (QED) is 0.859. The molecule has 0 aromatic heterocycles. The van der Waals surface area contributed by atoms with E-state index in [1.54, 1.807) is 0 Å². The van der Waals surface area contributed by atoms with Gasteiger partial charge >= 0.3 is 0 Å². The summed E-state index contributed by atoms with van der Waals surface area (Å²) in [4.78, 5) is 2.41. The molecular formula is C15H20ClNO2. The third-order valence-electron chi connectivity index (χ3n) is 4.28. The third kappa shape index (κ3) is 2.47. The summed E-state index contributed by atoms with van der Waals surface area (Å²) >= 11 is 6.11. The van der Waals surface area contributed by atoms with Gasteiger partial charge in [-0.15, -0.1) is 0 Å². The van der Waals surface area contributed by atoms with Crippen molar-refractivity contribution in [2.45, 2.75) is 44.4 Å². The first-order valence-electron chi connectivity index (χ1n) is 7.03. The Morgan fingerprint density at radius 2 is 2.21 bits per heavy atom. The summed E-state index contributed by atoms with van der Waals surface area (Å²) in [6.07, 6.45) is 3.19. The molecule has 1 fully saturated rings. The zero-order valence-electron chi connectivity index (χ0n) is 11.2.